The first-order valence-electron chi connectivity index (χ1n) is 6.17. The fourth-order valence-corrected chi connectivity index (χ4v) is 1.89. The number of pyridine rings is 1. The molecule has 0 spiro atoms. The molecule has 108 valence electrons. The van der Waals surface area contributed by atoms with Gasteiger partial charge >= 0.3 is 0 Å². The Morgan fingerprint density at radius 1 is 1.43 bits per heavy atom. The lowest BCUT2D eigenvalue weighted by molar-refractivity contribution is -0.383. The minimum Gasteiger partial charge on any atom is -0.393 e. The lowest BCUT2D eigenvalue weighted by Crippen LogP contribution is -2.26. The fraction of sp³-hybridized carbons (Fsp3) is 0.143. The molecule has 0 bridgehead atoms. The van der Waals surface area contributed by atoms with E-state index in [1.165, 1.54) is 23.1 Å². The molecular weight excluding hydrogens is 272 g/mol. The SMILES string of the molecule is CN(Cc1cccnc1)C(=O)c1ccc(N)c([N+](=O)[O-])c1. The van der Waals surface area contributed by atoms with Crippen LogP contribution in [0.25, 0.3) is 0 Å². The number of benzene rings is 1. The third-order valence-electron chi connectivity index (χ3n) is 2.96. The molecule has 2 aromatic rings. The number of aromatic nitrogens is 1. The summed E-state index contributed by atoms with van der Waals surface area (Å²) >= 11 is 0. The quantitative estimate of drug-likeness (QED) is 0.525. The van der Waals surface area contributed by atoms with Crippen LogP contribution in [0.4, 0.5) is 11.4 Å². The molecule has 0 saturated carbocycles. The van der Waals surface area contributed by atoms with E-state index in [4.69, 9.17) is 5.73 Å². The monoisotopic (exact) mass is 286 g/mol. The number of rotatable bonds is 4. The van der Waals surface area contributed by atoms with Crippen molar-refractivity contribution >= 4 is 17.3 Å². The molecule has 0 aliphatic rings. The molecule has 2 N–H and O–H groups in total. The van der Waals surface area contributed by atoms with Gasteiger partial charge in [-0.2, -0.15) is 0 Å². The Morgan fingerprint density at radius 2 is 2.19 bits per heavy atom. The Hall–Kier alpha value is -2.96. The van der Waals surface area contributed by atoms with Gasteiger partial charge in [-0.3, -0.25) is 19.9 Å². The molecule has 0 unspecified atom stereocenters. The van der Waals surface area contributed by atoms with Gasteiger partial charge in [0.2, 0.25) is 0 Å². The molecule has 0 saturated heterocycles. The van der Waals surface area contributed by atoms with E-state index in [0.717, 1.165) is 5.56 Å². The van der Waals surface area contributed by atoms with Crippen molar-refractivity contribution in [1.82, 2.24) is 9.88 Å². The zero-order valence-corrected chi connectivity index (χ0v) is 11.4. The zero-order chi connectivity index (χ0) is 15.4. The predicted molar refractivity (Wildman–Crippen MR) is 77.5 cm³/mol. The number of amides is 1. The van der Waals surface area contributed by atoms with E-state index in [2.05, 4.69) is 4.98 Å². The van der Waals surface area contributed by atoms with E-state index in [-0.39, 0.29) is 22.8 Å². The first-order valence-corrected chi connectivity index (χ1v) is 6.17. The van der Waals surface area contributed by atoms with Gasteiger partial charge in [0.05, 0.1) is 4.92 Å². The van der Waals surface area contributed by atoms with Gasteiger partial charge in [0.25, 0.3) is 11.6 Å². The highest BCUT2D eigenvalue weighted by molar-refractivity contribution is 5.95. The molecule has 1 amide bonds. The number of carbonyl (C=O) groups is 1. The lowest BCUT2D eigenvalue weighted by atomic mass is 10.1. The van der Waals surface area contributed by atoms with Crippen LogP contribution in [-0.2, 0) is 6.54 Å². The maximum Gasteiger partial charge on any atom is 0.292 e. The van der Waals surface area contributed by atoms with E-state index < -0.39 is 4.92 Å². The van der Waals surface area contributed by atoms with Crippen LogP contribution in [0.3, 0.4) is 0 Å². The smallest absolute Gasteiger partial charge is 0.292 e. The van der Waals surface area contributed by atoms with Gasteiger partial charge in [0, 0.05) is 37.6 Å². The van der Waals surface area contributed by atoms with Gasteiger partial charge in [-0.1, -0.05) is 6.07 Å². The van der Waals surface area contributed by atoms with Gasteiger partial charge in [-0.15, -0.1) is 0 Å². The number of nitrogens with two attached hydrogens (primary N) is 1. The van der Waals surface area contributed by atoms with Crippen molar-refractivity contribution < 1.29 is 9.72 Å². The second-order valence-electron chi connectivity index (χ2n) is 4.55. The molecule has 0 fully saturated rings. The molecule has 7 heteroatoms. The second-order valence-corrected chi connectivity index (χ2v) is 4.55. The number of nitrogen functional groups attached to an aromatic ring is 1. The summed E-state index contributed by atoms with van der Waals surface area (Å²) in [6.45, 7) is 0.366. The van der Waals surface area contributed by atoms with Gasteiger partial charge < -0.3 is 10.6 Å². The number of hydrogen-bond donors (Lipinski definition) is 1. The normalized spacial score (nSPS) is 10.1. The maximum atomic E-state index is 12.3. The highest BCUT2D eigenvalue weighted by atomic mass is 16.6. The highest BCUT2D eigenvalue weighted by Gasteiger charge is 2.18. The van der Waals surface area contributed by atoms with E-state index in [1.807, 2.05) is 6.07 Å². The Morgan fingerprint density at radius 3 is 2.81 bits per heavy atom. The molecule has 7 nitrogen and oxygen atoms in total. The summed E-state index contributed by atoms with van der Waals surface area (Å²) in [5, 5.41) is 10.8. The van der Waals surface area contributed by atoms with Crippen LogP contribution in [0.1, 0.15) is 15.9 Å². The van der Waals surface area contributed by atoms with E-state index in [0.29, 0.717) is 6.54 Å². The van der Waals surface area contributed by atoms with Crippen molar-refractivity contribution in [3.05, 3.63) is 64.0 Å². The van der Waals surface area contributed by atoms with Crippen LogP contribution in [0.2, 0.25) is 0 Å². The molecule has 1 heterocycles. The molecule has 2 rings (SSSR count). The summed E-state index contributed by atoms with van der Waals surface area (Å²) < 4.78 is 0. The summed E-state index contributed by atoms with van der Waals surface area (Å²) in [6, 6.07) is 7.66. The maximum absolute atomic E-state index is 12.3. The van der Waals surface area contributed by atoms with Crippen molar-refractivity contribution in [3.8, 4) is 0 Å². The first kappa shape index (κ1) is 14.4. The molecular formula is C14H14N4O3. The number of nitro benzene ring substituents is 1. The minimum absolute atomic E-state index is 0.0338. The van der Waals surface area contributed by atoms with E-state index in [9.17, 15) is 14.9 Å². The molecule has 0 aliphatic heterocycles. The Balaban J connectivity index is 2.20. The molecule has 0 aliphatic carbocycles. The van der Waals surface area contributed by atoms with Crippen LogP contribution in [0, 0.1) is 10.1 Å². The van der Waals surface area contributed by atoms with Crippen LogP contribution >= 0.6 is 0 Å². The molecule has 0 atom stereocenters. The Bertz CT molecular complexity index is 673. The van der Waals surface area contributed by atoms with Gasteiger partial charge in [-0.25, -0.2) is 0 Å². The minimum atomic E-state index is -0.604. The van der Waals surface area contributed by atoms with Gasteiger partial charge in [-0.05, 0) is 23.8 Å². The predicted octanol–water partition coefficient (Wildman–Crippen LogP) is 1.84. The standard InChI is InChI=1S/C14H14N4O3/c1-17(9-10-3-2-6-16-8-10)14(19)11-4-5-12(15)13(7-11)18(20)21/h2-8H,9,15H2,1H3. The fourth-order valence-electron chi connectivity index (χ4n) is 1.89. The summed E-state index contributed by atoms with van der Waals surface area (Å²) in [7, 11) is 1.62. The average molecular weight is 286 g/mol. The van der Waals surface area contributed by atoms with Crippen molar-refractivity contribution in [2.24, 2.45) is 0 Å². The van der Waals surface area contributed by atoms with Gasteiger partial charge in [0.1, 0.15) is 5.69 Å². The summed E-state index contributed by atoms with van der Waals surface area (Å²) in [5.41, 5.74) is 6.38. The van der Waals surface area contributed by atoms with E-state index in [1.54, 1.807) is 25.5 Å². The lowest BCUT2D eigenvalue weighted by Gasteiger charge is -2.17. The first-order chi connectivity index (χ1) is 9.99. The third kappa shape index (κ3) is 3.33. The molecule has 21 heavy (non-hydrogen) atoms. The average Bonchev–Trinajstić information content (AvgIpc) is 2.47. The van der Waals surface area contributed by atoms with Crippen molar-refractivity contribution in [2.45, 2.75) is 6.54 Å². The van der Waals surface area contributed by atoms with E-state index >= 15 is 0 Å². The molecule has 1 aromatic heterocycles. The van der Waals surface area contributed by atoms with Crippen LogP contribution in [0.15, 0.2) is 42.7 Å². The number of carbonyl (C=O) groups excluding carboxylic acids is 1. The summed E-state index contributed by atoms with van der Waals surface area (Å²) in [5.74, 6) is -0.318. The largest absolute Gasteiger partial charge is 0.393 e. The number of nitrogens with zero attached hydrogens (tertiary/aromatic N) is 3. The van der Waals surface area contributed by atoms with Crippen molar-refractivity contribution in [1.29, 1.82) is 0 Å². The molecule has 1 aromatic carbocycles. The Labute approximate surface area is 121 Å². The Kier molecular flexibility index (Phi) is 4.13. The zero-order valence-electron chi connectivity index (χ0n) is 11.4. The number of nitro groups is 1. The van der Waals surface area contributed by atoms with Crippen molar-refractivity contribution in [3.63, 3.8) is 0 Å². The number of hydrogen-bond acceptors (Lipinski definition) is 5. The van der Waals surface area contributed by atoms with Crippen LogP contribution in [-0.4, -0.2) is 27.8 Å². The molecule has 0 radical (unpaired) electrons. The van der Waals surface area contributed by atoms with Crippen LogP contribution in [0.5, 0.6) is 0 Å². The van der Waals surface area contributed by atoms with Crippen LogP contribution < -0.4 is 5.73 Å². The second kappa shape index (κ2) is 6.00. The topological polar surface area (TPSA) is 102 Å². The number of anilines is 1. The third-order valence-corrected chi connectivity index (χ3v) is 2.96. The van der Waals surface area contributed by atoms with Crippen molar-refractivity contribution in [2.75, 3.05) is 12.8 Å². The highest BCUT2D eigenvalue weighted by Crippen LogP contribution is 2.23. The van der Waals surface area contributed by atoms with Gasteiger partial charge in [0.15, 0.2) is 0 Å². The summed E-state index contributed by atoms with van der Waals surface area (Å²) in [4.78, 5) is 28.0. The summed E-state index contributed by atoms with van der Waals surface area (Å²) in [6.07, 6.45) is 3.31.